The minimum Gasteiger partial charge on any atom is -0.460 e. The molecular weight excluding hydrogens is 236 g/mol. The Labute approximate surface area is 106 Å². The average molecular weight is 254 g/mol. The van der Waals surface area contributed by atoms with Gasteiger partial charge in [0.25, 0.3) is 0 Å². The number of furan rings is 1. The lowest BCUT2D eigenvalue weighted by Crippen LogP contribution is -2.06. The molecule has 1 heterocycles. The zero-order valence-corrected chi connectivity index (χ0v) is 10.7. The standard InChI is InChI=1S/C13H18O5/c1-3-5-9-17-13(15)11-7-6-10(18-11)12(14)16-8-4-2/h6-7H,3-5,8-9H2,1-2H3. The number of esters is 2. The third-order valence-electron chi connectivity index (χ3n) is 2.18. The number of carbonyl (C=O) groups is 2. The van der Waals surface area contributed by atoms with Crippen LogP contribution >= 0.6 is 0 Å². The highest BCUT2D eigenvalue weighted by atomic mass is 16.6. The summed E-state index contributed by atoms with van der Waals surface area (Å²) in [5.74, 6) is -1.08. The lowest BCUT2D eigenvalue weighted by Gasteiger charge is -2.01. The average Bonchev–Trinajstić information content (AvgIpc) is 2.85. The summed E-state index contributed by atoms with van der Waals surface area (Å²) in [5.41, 5.74) is 0. The molecule has 1 aromatic rings. The molecule has 0 radical (unpaired) electrons. The molecule has 0 unspecified atom stereocenters. The second-order valence-electron chi connectivity index (χ2n) is 3.79. The van der Waals surface area contributed by atoms with Crippen molar-refractivity contribution in [2.75, 3.05) is 13.2 Å². The van der Waals surface area contributed by atoms with Gasteiger partial charge < -0.3 is 13.9 Å². The molecule has 1 rings (SSSR count). The van der Waals surface area contributed by atoms with E-state index in [1.807, 2.05) is 13.8 Å². The number of unbranched alkanes of at least 4 members (excludes halogenated alkanes) is 1. The van der Waals surface area contributed by atoms with E-state index in [2.05, 4.69) is 0 Å². The van der Waals surface area contributed by atoms with Crippen molar-refractivity contribution in [3.63, 3.8) is 0 Å². The van der Waals surface area contributed by atoms with Crippen LogP contribution in [0.15, 0.2) is 16.5 Å². The van der Waals surface area contributed by atoms with E-state index in [0.717, 1.165) is 19.3 Å². The van der Waals surface area contributed by atoms with Gasteiger partial charge in [0, 0.05) is 0 Å². The maximum Gasteiger partial charge on any atom is 0.374 e. The molecule has 0 aliphatic heterocycles. The first kappa shape index (κ1) is 14.3. The fraction of sp³-hybridized carbons (Fsp3) is 0.538. The van der Waals surface area contributed by atoms with Crippen LogP contribution in [0, 0.1) is 0 Å². The predicted octanol–water partition coefficient (Wildman–Crippen LogP) is 2.80. The summed E-state index contributed by atoms with van der Waals surface area (Å²) in [5, 5.41) is 0. The zero-order chi connectivity index (χ0) is 13.4. The summed E-state index contributed by atoms with van der Waals surface area (Å²) in [7, 11) is 0. The van der Waals surface area contributed by atoms with Gasteiger partial charge in [0.15, 0.2) is 0 Å². The minimum absolute atomic E-state index is 0.0193. The summed E-state index contributed by atoms with van der Waals surface area (Å²) in [6.07, 6.45) is 2.48. The van der Waals surface area contributed by atoms with Crippen molar-refractivity contribution in [3.8, 4) is 0 Å². The number of rotatable bonds is 7. The summed E-state index contributed by atoms with van der Waals surface area (Å²) >= 11 is 0. The minimum atomic E-state index is -0.565. The highest BCUT2D eigenvalue weighted by Crippen LogP contribution is 2.11. The van der Waals surface area contributed by atoms with Crippen LogP contribution in [0.25, 0.3) is 0 Å². The Hall–Kier alpha value is -1.78. The van der Waals surface area contributed by atoms with Crippen LogP contribution in [-0.2, 0) is 9.47 Å². The Kier molecular flexibility index (Phi) is 5.97. The van der Waals surface area contributed by atoms with Gasteiger partial charge >= 0.3 is 11.9 Å². The summed E-state index contributed by atoms with van der Waals surface area (Å²) < 4.78 is 14.9. The quantitative estimate of drug-likeness (QED) is 0.553. The Morgan fingerprint density at radius 1 is 1.00 bits per heavy atom. The first-order chi connectivity index (χ1) is 8.69. The number of ether oxygens (including phenoxy) is 2. The van der Waals surface area contributed by atoms with Crippen LogP contribution in [0.4, 0.5) is 0 Å². The monoisotopic (exact) mass is 254 g/mol. The number of hydrogen-bond donors (Lipinski definition) is 0. The highest BCUT2D eigenvalue weighted by Gasteiger charge is 2.17. The Morgan fingerprint density at radius 3 is 2.06 bits per heavy atom. The van der Waals surface area contributed by atoms with E-state index in [4.69, 9.17) is 13.9 Å². The number of hydrogen-bond acceptors (Lipinski definition) is 5. The topological polar surface area (TPSA) is 65.7 Å². The highest BCUT2D eigenvalue weighted by molar-refractivity contribution is 5.90. The summed E-state index contributed by atoms with van der Waals surface area (Å²) in [6.45, 7) is 4.58. The van der Waals surface area contributed by atoms with E-state index in [-0.39, 0.29) is 11.5 Å². The second-order valence-corrected chi connectivity index (χ2v) is 3.79. The van der Waals surface area contributed by atoms with E-state index < -0.39 is 11.9 Å². The molecular formula is C13H18O5. The fourth-order valence-electron chi connectivity index (χ4n) is 1.20. The molecule has 18 heavy (non-hydrogen) atoms. The van der Waals surface area contributed by atoms with Crippen LogP contribution in [0.3, 0.4) is 0 Å². The molecule has 0 N–H and O–H groups in total. The molecule has 0 aliphatic carbocycles. The van der Waals surface area contributed by atoms with Gasteiger partial charge in [-0.05, 0) is 25.0 Å². The first-order valence-electron chi connectivity index (χ1n) is 6.13. The molecule has 0 saturated carbocycles. The zero-order valence-electron chi connectivity index (χ0n) is 10.7. The van der Waals surface area contributed by atoms with Gasteiger partial charge in [-0.1, -0.05) is 20.3 Å². The van der Waals surface area contributed by atoms with Crippen LogP contribution in [0.1, 0.15) is 54.2 Å². The molecule has 100 valence electrons. The lowest BCUT2D eigenvalue weighted by molar-refractivity contribution is 0.0431. The molecule has 0 aromatic carbocycles. The Balaban J connectivity index is 2.51. The molecule has 0 saturated heterocycles. The molecule has 1 aromatic heterocycles. The molecule has 0 bridgehead atoms. The van der Waals surface area contributed by atoms with Gasteiger partial charge in [-0.2, -0.15) is 0 Å². The molecule has 0 spiro atoms. The molecule has 0 fully saturated rings. The normalized spacial score (nSPS) is 10.1. The number of carbonyl (C=O) groups excluding carboxylic acids is 2. The molecule has 0 atom stereocenters. The van der Waals surface area contributed by atoms with E-state index in [0.29, 0.717) is 13.2 Å². The van der Waals surface area contributed by atoms with Crippen molar-refractivity contribution >= 4 is 11.9 Å². The fourth-order valence-corrected chi connectivity index (χ4v) is 1.20. The van der Waals surface area contributed by atoms with E-state index in [1.165, 1.54) is 12.1 Å². The van der Waals surface area contributed by atoms with E-state index in [9.17, 15) is 9.59 Å². The summed E-state index contributed by atoms with van der Waals surface area (Å²) in [4.78, 5) is 22.9. The molecule has 0 amide bonds. The predicted molar refractivity (Wildman–Crippen MR) is 64.5 cm³/mol. The van der Waals surface area contributed by atoms with Crippen LogP contribution in [-0.4, -0.2) is 25.2 Å². The maximum absolute atomic E-state index is 11.5. The SMILES string of the molecule is CCCCOC(=O)c1ccc(C(=O)OCCC)o1. The molecule has 5 nitrogen and oxygen atoms in total. The Bertz CT molecular complexity index is 394. The van der Waals surface area contributed by atoms with Gasteiger partial charge in [0.2, 0.25) is 11.5 Å². The van der Waals surface area contributed by atoms with Gasteiger partial charge in [-0.15, -0.1) is 0 Å². The van der Waals surface area contributed by atoms with Crippen molar-refractivity contribution in [1.82, 2.24) is 0 Å². The van der Waals surface area contributed by atoms with Crippen LogP contribution in [0.5, 0.6) is 0 Å². The van der Waals surface area contributed by atoms with Crippen molar-refractivity contribution in [3.05, 3.63) is 23.7 Å². The first-order valence-corrected chi connectivity index (χ1v) is 6.13. The van der Waals surface area contributed by atoms with E-state index >= 15 is 0 Å². The van der Waals surface area contributed by atoms with Gasteiger partial charge in [0.1, 0.15) is 0 Å². The van der Waals surface area contributed by atoms with Gasteiger partial charge in [-0.25, -0.2) is 9.59 Å². The molecule has 0 aliphatic rings. The second kappa shape index (κ2) is 7.53. The van der Waals surface area contributed by atoms with Gasteiger partial charge in [0.05, 0.1) is 13.2 Å². The largest absolute Gasteiger partial charge is 0.460 e. The van der Waals surface area contributed by atoms with Gasteiger partial charge in [-0.3, -0.25) is 0 Å². The van der Waals surface area contributed by atoms with Crippen molar-refractivity contribution < 1.29 is 23.5 Å². The van der Waals surface area contributed by atoms with Crippen LogP contribution < -0.4 is 0 Å². The van der Waals surface area contributed by atoms with Crippen molar-refractivity contribution in [1.29, 1.82) is 0 Å². The third-order valence-corrected chi connectivity index (χ3v) is 2.18. The molecule has 5 heteroatoms. The smallest absolute Gasteiger partial charge is 0.374 e. The lowest BCUT2D eigenvalue weighted by atomic mass is 10.3. The third kappa shape index (κ3) is 4.24. The summed E-state index contributed by atoms with van der Waals surface area (Å²) in [6, 6.07) is 2.82. The van der Waals surface area contributed by atoms with Crippen molar-refractivity contribution in [2.24, 2.45) is 0 Å². The maximum atomic E-state index is 11.5. The van der Waals surface area contributed by atoms with Crippen molar-refractivity contribution in [2.45, 2.75) is 33.1 Å². The van der Waals surface area contributed by atoms with E-state index in [1.54, 1.807) is 0 Å². The Morgan fingerprint density at radius 2 is 1.56 bits per heavy atom. The van der Waals surface area contributed by atoms with Crippen LogP contribution in [0.2, 0.25) is 0 Å².